The zero-order valence-electron chi connectivity index (χ0n) is 14.1. The lowest BCUT2D eigenvalue weighted by Gasteiger charge is -2.31. The lowest BCUT2D eigenvalue weighted by molar-refractivity contribution is -0.149. The maximum absolute atomic E-state index is 12.5. The summed E-state index contributed by atoms with van der Waals surface area (Å²) in [5, 5.41) is 0. The molecule has 1 aromatic rings. The van der Waals surface area contributed by atoms with E-state index < -0.39 is 0 Å². The van der Waals surface area contributed by atoms with Crippen molar-refractivity contribution < 1.29 is 23.9 Å². The van der Waals surface area contributed by atoms with E-state index in [1.165, 1.54) is 0 Å². The van der Waals surface area contributed by atoms with Crippen LogP contribution in [0.25, 0.3) is 0 Å². The van der Waals surface area contributed by atoms with Gasteiger partial charge in [0.1, 0.15) is 5.75 Å². The van der Waals surface area contributed by atoms with Crippen molar-refractivity contribution in [1.29, 1.82) is 0 Å². The van der Waals surface area contributed by atoms with Crippen LogP contribution in [0.1, 0.15) is 43.5 Å². The van der Waals surface area contributed by atoms with Crippen LogP contribution < -0.4 is 4.74 Å². The molecule has 1 fully saturated rings. The molecule has 24 heavy (non-hydrogen) atoms. The average Bonchev–Trinajstić information content (AvgIpc) is 2.62. The molecule has 1 saturated heterocycles. The number of carbonyl (C=O) groups is 3. The summed E-state index contributed by atoms with van der Waals surface area (Å²) in [5.74, 6) is -0.253. The van der Waals surface area contributed by atoms with Gasteiger partial charge in [0.15, 0.2) is 0 Å². The molecule has 1 aromatic carbocycles. The van der Waals surface area contributed by atoms with E-state index in [2.05, 4.69) is 0 Å². The van der Waals surface area contributed by atoms with Gasteiger partial charge in [0.25, 0.3) is 5.91 Å². The van der Waals surface area contributed by atoms with Crippen molar-refractivity contribution >= 4 is 17.8 Å². The van der Waals surface area contributed by atoms with E-state index in [-0.39, 0.29) is 23.8 Å². The fourth-order valence-electron chi connectivity index (χ4n) is 2.63. The molecule has 0 bridgehead atoms. The molecule has 130 valence electrons. The quantitative estimate of drug-likeness (QED) is 0.611. The number of amides is 1. The summed E-state index contributed by atoms with van der Waals surface area (Å²) < 4.78 is 10.1. The maximum Gasteiger partial charge on any atom is 0.310 e. The van der Waals surface area contributed by atoms with Crippen molar-refractivity contribution in [3.63, 3.8) is 0 Å². The van der Waals surface area contributed by atoms with Crippen LogP contribution in [0.4, 0.5) is 0 Å². The Bertz CT molecular complexity index is 588. The Balaban J connectivity index is 1.91. The van der Waals surface area contributed by atoms with Gasteiger partial charge in [-0.15, -0.1) is 0 Å². The topological polar surface area (TPSA) is 72.9 Å². The third-order valence-electron chi connectivity index (χ3n) is 4.02. The van der Waals surface area contributed by atoms with Gasteiger partial charge in [0, 0.05) is 25.1 Å². The van der Waals surface area contributed by atoms with E-state index in [0.29, 0.717) is 50.3 Å². The molecule has 0 spiro atoms. The molecule has 6 nitrogen and oxygen atoms in total. The molecule has 1 aliphatic rings. The van der Waals surface area contributed by atoms with E-state index in [1.54, 1.807) is 43.0 Å². The molecule has 6 heteroatoms. The van der Waals surface area contributed by atoms with Crippen molar-refractivity contribution in [3.8, 4) is 5.75 Å². The summed E-state index contributed by atoms with van der Waals surface area (Å²) >= 11 is 0. The monoisotopic (exact) mass is 333 g/mol. The molecule has 0 aromatic heterocycles. The number of hydrogen-bond acceptors (Lipinski definition) is 5. The molecular formula is C18H23NO5. The van der Waals surface area contributed by atoms with Gasteiger partial charge in [-0.3, -0.25) is 14.4 Å². The molecule has 0 N–H and O–H groups in total. The third-order valence-corrected chi connectivity index (χ3v) is 4.02. The molecule has 1 aliphatic heterocycles. The number of ether oxygens (including phenoxy) is 2. The fraction of sp³-hybridized carbons (Fsp3) is 0.500. The SMILES string of the molecule is CCOC(=O)C1CCN(C(=O)c2ccc(OC(=O)CC)cc2)CC1. The van der Waals surface area contributed by atoms with Crippen LogP contribution in [0.5, 0.6) is 5.75 Å². The highest BCUT2D eigenvalue weighted by Gasteiger charge is 2.28. The van der Waals surface area contributed by atoms with Crippen LogP contribution in [0.3, 0.4) is 0 Å². The standard InChI is InChI=1S/C18H23NO5/c1-3-16(20)24-15-7-5-13(6-8-15)17(21)19-11-9-14(10-12-19)18(22)23-4-2/h5-8,14H,3-4,9-12H2,1-2H3. The van der Waals surface area contributed by atoms with Crippen molar-refractivity contribution in [1.82, 2.24) is 4.90 Å². The second-order valence-corrected chi connectivity index (χ2v) is 5.67. The molecule has 0 atom stereocenters. The second-order valence-electron chi connectivity index (χ2n) is 5.67. The number of likely N-dealkylation sites (tertiary alicyclic amines) is 1. The molecule has 1 heterocycles. The second kappa shape index (κ2) is 8.47. The zero-order valence-corrected chi connectivity index (χ0v) is 14.1. The van der Waals surface area contributed by atoms with Crippen LogP contribution in [0.15, 0.2) is 24.3 Å². The minimum Gasteiger partial charge on any atom is -0.466 e. The van der Waals surface area contributed by atoms with Gasteiger partial charge in [-0.1, -0.05) is 6.92 Å². The summed E-state index contributed by atoms with van der Waals surface area (Å²) in [6.45, 7) is 4.97. The molecule has 0 aliphatic carbocycles. The molecule has 0 unspecified atom stereocenters. The molecule has 0 radical (unpaired) electrons. The van der Waals surface area contributed by atoms with Gasteiger partial charge in [-0.05, 0) is 44.0 Å². The number of esters is 2. The van der Waals surface area contributed by atoms with Crippen LogP contribution in [-0.2, 0) is 14.3 Å². The van der Waals surface area contributed by atoms with Crippen LogP contribution in [0, 0.1) is 5.92 Å². The van der Waals surface area contributed by atoms with Crippen LogP contribution >= 0.6 is 0 Å². The van der Waals surface area contributed by atoms with Crippen molar-refractivity contribution in [2.75, 3.05) is 19.7 Å². The first-order chi connectivity index (χ1) is 11.5. The largest absolute Gasteiger partial charge is 0.466 e. The first-order valence-corrected chi connectivity index (χ1v) is 8.31. The maximum atomic E-state index is 12.5. The summed E-state index contributed by atoms with van der Waals surface area (Å²) in [5.41, 5.74) is 0.542. The van der Waals surface area contributed by atoms with Gasteiger partial charge in [0.2, 0.25) is 0 Å². The summed E-state index contributed by atoms with van der Waals surface area (Å²) in [7, 11) is 0. The Morgan fingerprint density at radius 3 is 2.25 bits per heavy atom. The van der Waals surface area contributed by atoms with Crippen LogP contribution in [0.2, 0.25) is 0 Å². The smallest absolute Gasteiger partial charge is 0.310 e. The number of rotatable bonds is 5. The van der Waals surface area contributed by atoms with Gasteiger partial charge < -0.3 is 14.4 Å². The van der Waals surface area contributed by atoms with Crippen molar-refractivity contribution in [3.05, 3.63) is 29.8 Å². The molecule has 1 amide bonds. The molecule has 2 rings (SSSR count). The average molecular weight is 333 g/mol. The van der Waals surface area contributed by atoms with Crippen molar-refractivity contribution in [2.24, 2.45) is 5.92 Å². The summed E-state index contributed by atoms with van der Waals surface area (Å²) in [6.07, 6.45) is 1.55. The van der Waals surface area contributed by atoms with E-state index in [9.17, 15) is 14.4 Å². The minimum atomic E-state index is -0.310. The van der Waals surface area contributed by atoms with E-state index in [0.717, 1.165) is 0 Å². The Morgan fingerprint density at radius 2 is 1.71 bits per heavy atom. The van der Waals surface area contributed by atoms with Crippen LogP contribution in [-0.4, -0.2) is 42.4 Å². The van der Waals surface area contributed by atoms with Gasteiger partial charge in [-0.25, -0.2) is 0 Å². The number of piperidine rings is 1. The molecule has 0 saturated carbocycles. The first kappa shape index (κ1) is 18.0. The van der Waals surface area contributed by atoms with Crippen molar-refractivity contribution in [2.45, 2.75) is 33.1 Å². The van der Waals surface area contributed by atoms with E-state index in [1.807, 2.05) is 0 Å². The Morgan fingerprint density at radius 1 is 1.08 bits per heavy atom. The third kappa shape index (κ3) is 4.57. The fourth-order valence-corrected chi connectivity index (χ4v) is 2.63. The number of benzene rings is 1. The summed E-state index contributed by atoms with van der Waals surface area (Å²) in [6, 6.07) is 6.54. The Hall–Kier alpha value is -2.37. The highest BCUT2D eigenvalue weighted by atomic mass is 16.5. The van der Waals surface area contributed by atoms with E-state index >= 15 is 0 Å². The highest BCUT2D eigenvalue weighted by molar-refractivity contribution is 5.94. The number of nitrogens with zero attached hydrogens (tertiary/aromatic N) is 1. The normalized spacial score (nSPS) is 15.0. The highest BCUT2D eigenvalue weighted by Crippen LogP contribution is 2.21. The van der Waals surface area contributed by atoms with Gasteiger partial charge in [-0.2, -0.15) is 0 Å². The Kier molecular flexibility index (Phi) is 6.35. The predicted octanol–water partition coefficient (Wildman–Crippen LogP) is 2.42. The summed E-state index contributed by atoms with van der Waals surface area (Å²) in [4.78, 5) is 37.2. The predicted molar refractivity (Wildman–Crippen MR) is 87.6 cm³/mol. The lowest BCUT2D eigenvalue weighted by atomic mass is 9.96. The number of carbonyl (C=O) groups excluding carboxylic acids is 3. The lowest BCUT2D eigenvalue weighted by Crippen LogP contribution is -2.40. The minimum absolute atomic E-state index is 0.0781. The van der Waals surface area contributed by atoms with E-state index in [4.69, 9.17) is 9.47 Å². The first-order valence-electron chi connectivity index (χ1n) is 8.31. The van der Waals surface area contributed by atoms with Gasteiger partial charge in [0.05, 0.1) is 12.5 Å². The molecular weight excluding hydrogens is 310 g/mol. The number of hydrogen-bond donors (Lipinski definition) is 0. The Labute approximate surface area is 141 Å². The zero-order chi connectivity index (χ0) is 17.5. The van der Waals surface area contributed by atoms with Gasteiger partial charge >= 0.3 is 11.9 Å².